The molecule has 0 aliphatic rings. The first-order valence-electron chi connectivity index (χ1n) is 10.2. The van der Waals surface area contributed by atoms with Gasteiger partial charge in [0.1, 0.15) is 5.75 Å². The zero-order valence-corrected chi connectivity index (χ0v) is 20.0. The Hall–Kier alpha value is -3.29. The Morgan fingerprint density at radius 2 is 1.91 bits per heavy atom. The molecule has 0 aliphatic carbocycles. The second-order valence-corrected chi connectivity index (χ2v) is 8.88. The number of fused-ring (bicyclic) bond motifs is 1. The van der Waals surface area contributed by atoms with Gasteiger partial charge >= 0.3 is 0 Å². The molecule has 0 aliphatic heterocycles. The number of halogens is 1. The zero-order chi connectivity index (χ0) is 23.5. The molecule has 0 fully saturated rings. The summed E-state index contributed by atoms with van der Waals surface area (Å²) in [6.07, 6.45) is 0. The minimum Gasteiger partial charge on any atom is -0.495 e. The summed E-state index contributed by atoms with van der Waals surface area (Å²) in [5.74, 6) is 0.405. The summed E-state index contributed by atoms with van der Waals surface area (Å²) < 4.78 is 6.70. The highest BCUT2D eigenvalue weighted by Gasteiger charge is 2.16. The van der Waals surface area contributed by atoms with Crippen molar-refractivity contribution in [2.75, 3.05) is 18.2 Å². The summed E-state index contributed by atoms with van der Waals surface area (Å²) >= 11 is 7.51. The van der Waals surface area contributed by atoms with Crippen molar-refractivity contribution in [3.05, 3.63) is 87.2 Å². The Labute approximate surface area is 200 Å². The normalized spacial score (nSPS) is 10.9. The molecule has 0 saturated heterocycles. The van der Waals surface area contributed by atoms with E-state index in [4.69, 9.17) is 16.3 Å². The van der Waals surface area contributed by atoms with Crippen LogP contribution in [0.1, 0.15) is 11.1 Å². The van der Waals surface area contributed by atoms with Gasteiger partial charge < -0.3 is 10.1 Å². The molecule has 8 heteroatoms. The molecule has 4 rings (SSSR count). The van der Waals surface area contributed by atoms with Crippen molar-refractivity contribution in [1.29, 1.82) is 0 Å². The lowest BCUT2D eigenvalue weighted by Gasteiger charge is -2.14. The number of hydrogen-bond donors (Lipinski definition) is 1. The number of hydrogen-bond acceptors (Lipinski definition) is 5. The fraction of sp³-hybridized carbons (Fsp3) is 0.160. The van der Waals surface area contributed by atoms with Gasteiger partial charge in [0.2, 0.25) is 5.91 Å². The number of carbonyl (C=O) groups is 1. The Morgan fingerprint density at radius 3 is 2.67 bits per heavy atom. The maximum atomic E-state index is 13.4. The molecule has 3 aromatic carbocycles. The Bertz CT molecular complexity index is 1420. The summed E-state index contributed by atoms with van der Waals surface area (Å²) in [4.78, 5) is 30.7. The van der Waals surface area contributed by atoms with E-state index < -0.39 is 0 Å². The van der Waals surface area contributed by atoms with Crippen LogP contribution in [-0.2, 0) is 4.79 Å². The maximum Gasteiger partial charge on any atom is 0.266 e. The fourth-order valence-electron chi connectivity index (χ4n) is 3.42. The van der Waals surface area contributed by atoms with E-state index in [-0.39, 0.29) is 17.2 Å². The third kappa shape index (κ3) is 4.89. The molecule has 4 aromatic rings. The van der Waals surface area contributed by atoms with Crippen molar-refractivity contribution < 1.29 is 9.53 Å². The molecule has 0 bridgehead atoms. The number of benzene rings is 3. The van der Waals surface area contributed by atoms with Crippen molar-refractivity contribution >= 4 is 45.9 Å². The SMILES string of the molecule is COc1ccc(-n2c(SCC(=O)Nc3cc(C)ccc3C)nc3ccccc3c2=O)cc1Cl. The van der Waals surface area contributed by atoms with Gasteiger partial charge in [0.15, 0.2) is 5.16 Å². The van der Waals surface area contributed by atoms with Crippen LogP contribution in [0, 0.1) is 13.8 Å². The number of nitrogens with one attached hydrogen (secondary N) is 1. The van der Waals surface area contributed by atoms with Crippen LogP contribution < -0.4 is 15.6 Å². The monoisotopic (exact) mass is 479 g/mol. The molecular weight excluding hydrogens is 458 g/mol. The van der Waals surface area contributed by atoms with Gasteiger partial charge in [0.05, 0.1) is 34.5 Å². The number of anilines is 1. The molecule has 0 spiro atoms. The second-order valence-electron chi connectivity index (χ2n) is 7.53. The number of methoxy groups -OCH3 is 1. The number of para-hydroxylation sites is 1. The highest BCUT2D eigenvalue weighted by atomic mass is 35.5. The van der Waals surface area contributed by atoms with Crippen molar-refractivity contribution in [2.24, 2.45) is 0 Å². The molecule has 0 radical (unpaired) electrons. The van der Waals surface area contributed by atoms with Crippen molar-refractivity contribution in [2.45, 2.75) is 19.0 Å². The van der Waals surface area contributed by atoms with E-state index in [9.17, 15) is 9.59 Å². The van der Waals surface area contributed by atoms with Crippen molar-refractivity contribution in [3.63, 3.8) is 0 Å². The van der Waals surface area contributed by atoms with Gasteiger partial charge in [0.25, 0.3) is 5.56 Å². The van der Waals surface area contributed by atoms with Crippen LogP contribution in [0.5, 0.6) is 5.75 Å². The quantitative estimate of drug-likeness (QED) is 0.296. The number of nitrogens with zero attached hydrogens (tertiary/aromatic N) is 2. The van der Waals surface area contributed by atoms with Gasteiger partial charge in [-0.05, 0) is 61.4 Å². The first kappa shape index (κ1) is 22.9. The molecule has 1 aromatic heterocycles. The standard InChI is InChI=1S/C25H22ClN3O3S/c1-15-8-9-16(2)21(12-15)27-23(30)14-33-25-28-20-7-5-4-6-18(20)24(31)29(25)17-10-11-22(32-3)19(26)13-17/h4-13H,14H2,1-3H3,(H,27,30). The molecule has 1 amide bonds. The molecular formula is C25H22ClN3O3S. The largest absolute Gasteiger partial charge is 0.495 e. The van der Waals surface area contributed by atoms with Crippen molar-refractivity contribution in [1.82, 2.24) is 9.55 Å². The van der Waals surface area contributed by atoms with Crippen LogP contribution in [0.3, 0.4) is 0 Å². The smallest absolute Gasteiger partial charge is 0.266 e. The number of aromatic nitrogens is 2. The number of amides is 1. The zero-order valence-electron chi connectivity index (χ0n) is 18.4. The second kappa shape index (κ2) is 9.68. The van der Waals surface area contributed by atoms with Crippen LogP contribution in [0.4, 0.5) is 5.69 Å². The van der Waals surface area contributed by atoms with E-state index in [2.05, 4.69) is 10.3 Å². The number of carbonyl (C=O) groups excluding carboxylic acids is 1. The lowest BCUT2D eigenvalue weighted by atomic mass is 10.1. The minimum atomic E-state index is -0.237. The van der Waals surface area contributed by atoms with Gasteiger partial charge in [0, 0.05) is 5.69 Å². The third-order valence-corrected chi connectivity index (χ3v) is 6.37. The highest BCUT2D eigenvalue weighted by molar-refractivity contribution is 7.99. The van der Waals surface area contributed by atoms with Crippen LogP contribution in [0.2, 0.25) is 5.02 Å². The van der Waals surface area contributed by atoms with Crippen LogP contribution >= 0.6 is 23.4 Å². The molecule has 33 heavy (non-hydrogen) atoms. The predicted octanol–water partition coefficient (Wildman–Crippen LogP) is 5.40. The van der Waals surface area contributed by atoms with E-state index in [1.807, 2.05) is 38.1 Å². The van der Waals surface area contributed by atoms with Crippen LogP contribution in [0.25, 0.3) is 16.6 Å². The van der Waals surface area contributed by atoms with Gasteiger partial charge in [-0.3, -0.25) is 14.2 Å². The Balaban J connectivity index is 1.70. The van der Waals surface area contributed by atoms with Crippen molar-refractivity contribution in [3.8, 4) is 11.4 Å². The summed E-state index contributed by atoms with van der Waals surface area (Å²) in [6, 6.07) is 18.1. The molecule has 1 heterocycles. The van der Waals surface area contributed by atoms with Gasteiger partial charge in [-0.1, -0.05) is 47.6 Å². The van der Waals surface area contributed by atoms with E-state index in [0.717, 1.165) is 16.8 Å². The summed E-state index contributed by atoms with van der Waals surface area (Å²) in [7, 11) is 1.53. The third-order valence-electron chi connectivity index (χ3n) is 5.14. The average molecular weight is 480 g/mol. The molecule has 1 N–H and O–H groups in total. The summed E-state index contributed by atoms with van der Waals surface area (Å²) in [5, 5.41) is 4.20. The Morgan fingerprint density at radius 1 is 1.12 bits per heavy atom. The molecule has 168 valence electrons. The number of ether oxygens (including phenoxy) is 1. The van der Waals surface area contributed by atoms with Crippen LogP contribution in [-0.4, -0.2) is 28.3 Å². The minimum absolute atomic E-state index is 0.0854. The lowest BCUT2D eigenvalue weighted by Crippen LogP contribution is -2.23. The van der Waals surface area contributed by atoms with E-state index in [1.54, 1.807) is 36.4 Å². The fourth-order valence-corrected chi connectivity index (χ4v) is 4.48. The number of thioether (sulfide) groups is 1. The van der Waals surface area contributed by atoms with Gasteiger partial charge in [-0.15, -0.1) is 0 Å². The topological polar surface area (TPSA) is 73.2 Å². The lowest BCUT2D eigenvalue weighted by molar-refractivity contribution is -0.113. The maximum absolute atomic E-state index is 13.4. The highest BCUT2D eigenvalue weighted by Crippen LogP contribution is 2.29. The van der Waals surface area contributed by atoms with Crippen LogP contribution in [0.15, 0.2) is 70.6 Å². The number of aryl methyl sites for hydroxylation is 2. The summed E-state index contributed by atoms with van der Waals surface area (Å²) in [5.41, 5.74) is 3.68. The molecule has 0 unspecified atom stereocenters. The van der Waals surface area contributed by atoms with E-state index in [1.165, 1.54) is 23.4 Å². The Kier molecular flexibility index (Phi) is 6.72. The molecule has 6 nitrogen and oxygen atoms in total. The van der Waals surface area contributed by atoms with Gasteiger partial charge in [-0.25, -0.2) is 4.98 Å². The first-order chi connectivity index (χ1) is 15.9. The van der Waals surface area contributed by atoms with E-state index >= 15 is 0 Å². The van der Waals surface area contributed by atoms with E-state index in [0.29, 0.717) is 32.5 Å². The predicted molar refractivity (Wildman–Crippen MR) is 134 cm³/mol. The average Bonchev–Trinajstić information content (AvgIpc) is 2.80. The molecule has 0 saturated carbocycles. The molecule has 0 atom stereocenters. The first-order valence-corrected chi connectivity index (χ1v) is 11.6. The van der Waals surface area contributed by atoms with Gasteiger partial charge in [-0.2, -0.15) is 0 Å². The number of rotatable bonds is 6. The summed E-state index contributed by atoms with van der Waals surface area (Å²) in [6.45, 7) is 3.92.